The number of amides is 2. The molecule has 27 heavy (non-hydrogen) atoms. The SMILES string of the molecule is CN(C(=O)C1CCN(C(=O)c2cncc(C(F)(F)F)c2)C1)c1ccccc1. The van der Waals surface area contributed by atoms with Crippen LogP contribution in [0.25, 0.3) is 0 Å². The fourth-order valence-electron chi connectivity index (χ4n) is 3.09. The summed E-state index contributed by atoms with van der Waals surface area (Å²) in [5.74, 6) is -1.07. The standard InChI is InChI=1S/C19H18F3N3O2/c1-24(16-5-3-2-4-6-16)17(26)13-7-8-25(12-13)18(27)14-9-15(11-23-10-14)19(20,21)22/h2-6,9-11,13H,7-8,12H2,1H3. The quantitative estimate of drug-likeness (QED) is 0.825. The van der Waals surface area contributed by atoms with E-state index in [4.69, 9.17) is 0 Å². The average Bonchev–Trinajstić information content (AvgIpc) is 3.16. The zero-order valence-corrected chi connectivity index (χ0v) is 14.6. The molecule has 2 amide bonds. The van der Waals surface area contributed by atoms with E-state index in [2.05, 4.69) is 4.98 Å². The van der Waals surface area contributed by atoms with E-state index in [1.165, 1.54) is 9.80 Å². The van der Waals surface area contributed by atoms with E-state index in [1.807, 2.05) is 30.3 Å². The normalized spacial score (nSPS) is 17.0. The van der Waals surface area contributed by atoms with E-state index in [-0.39, 0.29) is 18.0 Å². The summed E-state index contributed by atoms with van der Waals surface area (Å²) in [7, 11) is 1.67. The first-order valence-electron chi connectivity index (χ1n) is 8.41. The minimum Gasteiger partial charge on any atom is -0.338 e. The van der Waals surface area contributed by atoms with E-state index in [9.17, 15) is 22.8 Å². The number of hydrogen-bond donors (Lipinski definition) is 0. The number of para-hydroxylation sites is 1. The highest BCUT2D eigenvalue weighted by molar-refractivity contribution is 5.97. The molecule has 1 aliphatic heterocycles. The molecule has 0 radical (unpaired) electrons. The Bertz CT molecular complexity index is 840. The highest BCUT2D eigenvalue weighted by atomic mass is 19.4. The van der Waals surface area contributed by atoms with Crippen LogP contribution in [0.2, 0.25) is 0 Å². The van der Waals surface area contributed by atoms with Gasteiger partial charge in [0.1, 0.15) is 0 Å². The van der Waals surface area contributed by atoms with Crippen molar-refractivity contribution in [3.05, 3.63) is 59.9 Å². The number of rotatable bonds is 3. The summed E-state index contributed by atoms with van der Waals surface area (Å²) in [5, 5.41) is 0. The van der Waals surface area contributed by atoms with Gasteiger partial charge >= 0.3 is 6.18 Å². The lowest BCUT2D eigenvalue weighted by Crippen LogP contribution is -2.36. The van der Waals surface area contributed by atoms with Gasteiger partial charge in [-0.15, -0.1) is 0 Å². The van der Waals surface area contributed by atoms with Crippen LogP contribution < -0.4 is 4.90 Å². The summed E-state index contributed by atoms with van der Waals surface area (Å²) >= 11 is 0. The Morgan fingerprint density at radius 1 is 1.19 bits per heavy atom. The van der Waals surface area contributed by atoms with Gasteiger partial charge in [-0.25, -0.2) is 0 Å². The molecular weight excluding hydrogens is 359 g/mol. The predicted molar refractivity (Wildman–Crippen MR) is 93.1 cm³/mol. The van der Waals surface area contributed by atoms with E-state index < -0.39 is 23.6 Å². The minimum absolute atomic E-state index is 0.126. The Morgan fingerprint density at radius 3 is 2.56 bits per heavy atom. The number of anilines is 1. The first-order valence-corrected chi connectivity index (χ1v) is 8.41. The summed E-state index contributed by atoms with van der Waals surface area (Å²) < 4.78 is 38.4. The number of pyridine rings is 1. The maximum Gasteiger partial charge on any atom is 0.417 e. The number of hydrogen-bond acceptors (Lipinski definition) is 3. The molecular formula is C19H18F3N3O2. The Morgan fingerprint density at radius 2 is 1.89 bits per heavy atom. The fourth-order valence-corrected chi connectivity index (χ4v) is 3.09. The van der Waals surface area contributed by atoms with Crippen molar-refractivity contribution in [2.45, 2.75) is 12.6 Å². The number of carbonyl (C=O) groups excluding carboxylic acids is 2. The van der Waals surface area contributed by atoms with Crippen LogP contribution >= 0.6 is 0 Å². The lowest BCUT2D eigenvalue weighted by Gasteiger charge is -2.22. The van der Waals surface area contributed by atoms with Gasteiger partial charge in [0.05, 0.1) is 17.0 Å². The van der Waals surface area contributed by atoms with Crippen molar-refractivity contribution in [2.24, 2.45) is 5.92 Å². The second-order valence-corrected chi connectivity index (χ2v) is 6.43. The summed E-state index contributed by atoms with van der Waals surface area (Å²) in [6.07, 6.45) is -2.30. The summed E-state index contributed by atoms with van der Waals surface area (Å²) in [4.78, 5) is 31.6. The number of likely N-dealkylation sites (tertiary alicyclic amines) is 1. The third-order valence-corrected chi connectivity index (χ3v) is 4.61. The first-order chi connectivity index (χ1) is 12.8. The molecule has 1 aromatic carbocycles. The molecule has 1 unspecified atom stereocenters. The van der Waals surface area contributed by atoms with Crippen molar-refractivity contribution in [3.8, 4) is 0 Å². The Kier molecular flexibility index (Phi) is 5.16. The highest BCUT2D eigenvalue weighted by Crippen LogP contribution is 2.30. The summed E-state index contributed by atoms with van der Waals surface area (Å²) in [6.45, 7) is 0.485. The Balaban J connectivity index is 1.69. The van der Waals surface area contributed by atoms with E-state index in [0.717, 1.165) is 18.0 Å². The van der Waals surface area contributed by atoms with E-state index >= 15 is 0 Å². The molecule has 2 aromatic rings. The van der Waals surface area contributed by atoms with Crippen LogP contribution in [0.4, 0.5) is 18.9 Å². The smallest absolute Gasteiger partial charge is 0.338 e. The van der Waals surface area contributed by atoms with Gasteiger partial charge < -0.3 is 9.80 Å². The van der Waals surface area contributed by atoms with Crippen LogP contribution in [0.1, 0.15) is 22.3 Å². The lowest BCUT2D eigenvalue weighted by atomic mass is 10.1. The van der Waals surface area contributed by atoms with E-state index in [1.54, 1.807) is 7.05 Å². The summed E-state index contributed by atoms with van der Waals surface area (Å²) in [6, 6.07) is 9.91. The zero-order valence-electron chi connectivity index (χ0n) is 14.6. The molecule has 5 nitrogen and oxygen atoms in total. The van der Waals surface area contributed by atoms with Crippen molar-refractivity contribution in [3.63, 3.8) is 0 Å². The predicted octanol–water partition coefficient (Wildman–Crippen LogP) is 3.23. The summed E-state index contributed by atoms with van der Waals surface area (Å²) in [5.41, 5.74) is -0.354. The fraction of sp³-hybridized carbons (Fsp3) is 0.316. The molecule has 1 aliphatic rings. The molecule has 1 aromatic heterocycles. The molecule has 0 aliphatic carbocycles. The van der Waals surface area contributed by atoms with Crippen LogP contribution in [-0.4, -0.2) is 41.8 Å². The lowest BCUT2D eigenvalue weighted by molar-refractivity contribution is -0.137. The van der Waals surface area contributed by atoms with Crippen molar-refractivity contribution in [2.75, 3.05) is 25.0 Å². The molecule has 2 heterocycles. The van der Waals surface area contributed by atoms with Crippen LogP contribution in [0.5, 0.6) is 0 Å². The number of benzene rings is 1. The molecule has 0 saturated carbocycles. The minimum atomic E-state index is -4.56. The molecule has 8 heteroatoms. The first kappa shape index (κ1) is 18.9. The Hall–Kier alpha value is -2.90. The molecule has 142 valence electrons. The van der Waals surface area contributed by atoms with Gasteiger partial charge in [0, 0.05) is 38.2 Å². The number of carbonyl (C=O) groups is 2. The molecule has 0 spiro atoms. The Labute approximate surface area is 154 Å². The molecule has 1 saturated heterocycles. The van der Waals surface area contributed by atoms with Crippen LogP contribution in [-0.2, 0) is 11.0 Å². The molecule has 1 atom stereocenters. The van der Waals surface area contributed by atoms with Crippen molar-refractivity contribution in [1.29, 1.82) is 0 Å². The molecule has 3 rings (SSSR count). The van der Waals surface area contributed by atoms with Gasteiger partial charge in [0.25, 0.3) is 5.91 Å². The van der Waals surface area contributed by atoms with Crippen molar-refractivity contribution >= 4 is 17.5 Å². The average molecular weight is 377 g/mol. The monoisotopic (exact) mass is 377 g/mol. The molecule has 0 bridgehead atoms. The van der Waals surface area contributed by atoms with Crippen LogP contribution in [0.3, 0.4) is 0 Å². The van der Waals surface area contributed by atoms with Gasteiger partial charge in [-0.05, 0) is 24.6 Å². The van der Waals surface area contributed by atoms with Crippen LogP contribution in [0.15, 0.2) is 48.8 Å². The highest BCUT2D eigenvalue weighted by Gasteiger charge is 2.35. The zero-order chi connectivity index (χ0) is 19.6. The third kappa shape index (κ3) is 4.10. The molecule has 1 fully saturated rings. The van der Waals surface area contributed by atoms with E-state index in [0.29, 0.717) is 19.2 Å². The van der Waals surface area contributed by atoms with Gasteiger partial charge in [0.2, 0.25) is 5.91 Å². The van der Waals surface area contributed by atoms with Gasteiger partial charge in [-0.3, -0.25) is 14.6 Å². The van der Waals surface area contributed by atoms with Crippen molar-refractivity contribution < 1.29 is 22.8 Å². The second-order valence-electron chi connectivity index (χ2n) is 6.43. The van der Waals surface area contributed by atoms with Crippen LogP contribution in [0, 0.1) is 5.92 Å². The maximum atomic E-state index is 12.8. The van der Waals surface area contributed by atoms with Gasteiger partial charge in [-0.1, -0.05) is 18.2 Å². The van der Waals surface area contributed by atoms with Crippen molar-refractivity contribution in [1.82, 2.24) is 9.88 Å². The van der Waals surface area contributed by atoms with Gasteiger partial charge in [0.15, 0.2) is 0 Å². The topological polar surface area (TPSA) is 53.5 Å². The second kappa shape index (κ2) is 7.38. The number of halogens is 3. The largest absolute Gasteiger partial charge is 0.417 e. The number of alkyl halides is 3. The molecule has 0 N–H and O–H groups in total. The number of aromatic nitrogens is 1. The maximum absolute atomic E-state index is 12.8. The van der Waals surface area contributed by atoms with Gasteiger partial charge in [-0.2, -0.15) is 13.2 Å². The number of nitrogens with zero attached hydrogens (tertiary/aromatic N) is 3. The third-order valence-electron chi connectivity index (χ3n) is 4.61.